The first-order chi connectivity index (χ1) is 8.56. The van der Waals surface area contributed by atoms with Gasteiger partial charge in [-0.05, 0) is 32.9 Å². The molecule has 1 aromatic carbocycles. The summed E-state index contributed by atoms with van der Waals surface area (Å²) in [6, 6.07) is 4.67. The van der Waals surface area contributed by atoms with Crippen molar-refractivity contribution in [3.05, 3.63) is 23.8 Å². The van der Waals surface area contributed by atoms with Crippen molar-refractivity contribution in [1.29, 1.82) is 0 Å². The molecule has 0 saturated heterocycles. The van der Waals surface area contributed by atoms with E-state index in [1.807, 2.05) is 6.92 Å². The summed E-state index contributed by atoms with van der Waals surface area (Å²) in [6.07, 6.45) is 0. The van der Waals surface area contributed by atoms with Crippen LogP contribution in [0.25, 0.3) is 0 Å². The largest absolute Gasteiger partial charge is 0.507 e. The van der Waals surface area contributed by atoms with E-state index in [1.165, 1.54) is 13.0 Å². The maximum absolute atomic E-state index is 10.9. The van der Waals surface area contributed by atoms with E-state index in [0.29, 0.717) is 31.0 Å². The SMILES string of the molecule is CCOC=O.CCOc1ccc(C(C)=O)c(O)c1.[Pt]. The van der Waals surface area contributed by atoms with E-state index in [2.05, 4.69) is 4.74 Å². The van der Waals surface area contributed by atoms with Crippen molar-refractivity contribution in [3.63, 3.8) is 0 Å². The Morgan fingerprint density at radius 1 is 1.32 bits per heavy atom. The molecule has 19 heavy (non-hydrogen) atoms. The number of phenolic OH excluding ortho intramolecular Hbond substituents is 1. The molecule has 1 aromatic rings. The predicted octanol–water partition coefficient (Wildman–Crippen LogP) is 2.17. The maximum Gasteiger partial charge on any atom is 0.293 e. The van der Waals surface area contributed by atoms with Crippen LogP contribution in [0.3, 0.4) is 0 Å². The number of hydrogen-bond donors (Lipinski definition) is 1. The molecule has 0 unspecified atom stereocenters. The normalized spacial score (nSPS) is 8.37. The second-order valence-corrected chi connectivity index (χ2v) is 3.22. The van der Waals surface area contributed by atoms with Gasteiger partial charge in [0, 0.05) is 27.1 Å². The topological polar surface area (TPSA) is 72.8 Å². The zero-order valence-corrected chi connectivity index (χ0v) is 13.4. The molecule has 0 fully saturated rings. The molecule has 110 valence electrons. The molecule has 0 aliphatic heterocycles. The molecule has 5 nitrogen and oxygen atoms in total. The molecule has 0 spiro atoms. The fourth-order valence-electron chi connectivity index (χ4n) is 1.13. The minimum Gasteiger partial charge on any atom is -0.507 e. The van der Waals surface area contributed by atoms with Gasteiger partial charge in [-0.2, -0.15) is 0 Å². The number of carbonyl (C=O) groups is 2. The number of rotatable bonds is 5. The standard InChI is InChI=1S/C10H12O3.C3H6O2.Pt/c1-3-13-8-4-5-9(7(2)11)10(12)6-8;1-2-5-3-4;/h4-6,12H,3H2,1-2H3;3H,2H2,1H3;. The average molecular weight is 449 g/mol. The molecular weight excluding hydrogens is 431 g/mol. The first-order valence-electron chi connectivity index (χ1n) is 5.58. The van der Waals surface area contributed by atoms with Crippen LogP contribution in [0.5, 0.6) is 11.5 Å². The van der Waals surface area contributed by atoms with E-state index in [9.17, 15) is 14.7 Å². The van der Waals surface area contributed by atoms with Gasteiger partial charge in [0.1, 0.15) is 11.5 Å². The molecule has 0 atom stereocenters. The number of ether oxygens (including phenoxy) is 2. The van der Waals surface area contributed by atoms with E-state index in [4.69, 9.17) is 4.74 Å². The van der Waals surface area contributed by atoms with Crippen molar-refractivity contribution in [2.75, 3.05) is 13.2 Å². The van der Waals surface area contributed by atoms with Crippen LogP contribution in [0, 0.1) is 0 Å². The number of phenols is 1. The molecule has 0 bridgehead atoms. The number of carbonyl (C=O) groups excluding carboxylic acids is 2. The molecule has 0 aliphatic carbocycles. The van der Waals surface area contributed by atoms with Gasteiger partial charge in [0.05, 0.1) is 18.8 Å². The van der Waals surface area contributed by atoms with Crippen LogP contribution in [-0.4, -0.2) is 30.6 Å². The zero-order chi connectivity index (χ0) is 14.0. The number of Topliss-reactive ketones (excluding diaryl/α,β-unsaturated/α-hetero) is 1. The van der Waals surface area contributed by atoms with E-state index < -0.39 is 0 Å². The van der Waals surface area contributed by atoms with Crippen LogP contribution < -0.4 is 4.74 Å². The van der Waals surface area contributed by atoms with Gasteiger partial charge in [0.25, 0.3) is 6.47 Å². The summed E-state index contributed by atoms with van der Waals surface area (Å²) in [4.78, 5) is 20.1. The van der Waals surface area contributed by atoms with E-state index in [-0.39, 0.29) is 32.6 Å². The summed E-state index contributed by atoms with van der Waals surface area (Å²) in [7, 11) is 0. The van der Waals surface area contributed by atoms with Gasteiger partial charge in [-0.25, -0.2) is 0 Å². The summed E-state index contributed by atoms with van der Waals surface area (Å²) >= 11 is 0. The van der Waals surface area contributed by atoms with Gasteiger partial charge in [-0.15, -0.1) is 0 Å². The van der Waals surface area contributed by atoms with Gasteiger partial charge >= 0.3 is 0 Å². The molecule has 0 heterocycles. The van der Waals surface area contributed by atoms with Crippen LogP contribution in [0.2, 0.25) is 0 Å². The van der Waals surface area contributed by atoms with Gasteiger partial charge in [0.15, 0.2) is 5.78 Å². The van der Waals surface area contributed by atoms with Crippen LogP contribution in [0.4, 0.5) is 0 Å². The second kappa shape index (κ2) is 11.7. The quantitative estimate of drug-likeness (QED) is 0.551. The van der Waals surface area contributed by atoms with Crippen LogP contribution in [0.1, 0.15) is 31.1 Å². The summed E-state index contributed by atoms with van der Waals surface area (Å²) < 4.78 is 9.30. The van der Waals surface area contributed by atoms with Crippen molar-refractivity contribution in [2.24, 2.45) is 0 Å². The van der Waals surface area contributed by atoms with E-state index in [0.717, 1.165) is 0 Å². The molecule has 1 rings (SSSR count). The average Bonchev–Trinajstić information content (AvgIpc) is 2.31. The number of ketones is 1. The minimum absolute atomic E-state index is 0. The Labute approximate surface area is 127 Å². The Morgan fingerprint density at radius 3 is 2.26 bits per heavy atom. The zero-order valence-electron chi connectivity index (χ0n) is 11.1. The van der Waals surface area contributed by atoms with Crippen molar-refractivity contribution < 1.29 is 45.2 Å². The first kappa shape index (κ1) is 20.0. The fourth-order valence-corrected chi connectivity index (χ4v) is 1.13. The van der Waals surface area contributed by atoms with E-state index >= 15 is 0 Å². The van der Waals surface area contributed by atoms with Crippen molar-refractivity contribution in [2.45, 2.75) is 20.8 Å². The summed E-state index contributed by atoms with van der Waals surface area (Å²) in [5, 5.41) is 9.39. The van der Waals surface area contributed by atoms with Crippen LogP contribution in [0.15, 0.2) is 18.2 Å². The maximum atomic E-state index is 10.9. The second-order valence-electron chi connectivity index (χ2n) is 3.22. The van der Waals surface area contributed by atoms with Crippen LogP contribution in [-0.2, 0) is 30.6 Å². The van der Waals surface area contributed by atoms with Gasteiger partial charge in [0.2, 0.25) is 0 Å². The first-order valence-corrected chi connectivity index (χ1v) is 5.58. The molecule has 0 saturated carbocycles. The third-order valence-electron chi connectivity index (χ3n) is 1.89. The minimum atomic E-state index is -0.152. The molecule has 0 aliphatic rings. The molecule has 0 aromatic heterocycles. The summed E-state index contributed by atoms with van der Waals surface area (Å²) in [5.41, 5.74) is 0.323. The fraction of sp³-hybridized carbons (Fsp3) is 0.385. The molecule has 1 N–H and O–H groups in total. The van der Waals surface area contributed by atoms with Crippen molar-refractivity contribution in [3.8, 4) is 11.5 Å². The predicted molar refractivity (Wildman–Crippen MR) is 67.0 cm³/mol. The third kappa shape index (κ3) is 8.38. The van der Waals surface area contributed by atoms with Crippen molar-refractivity contribution in [1.82, 2.24) is 0 Å². The summed E-state index contributed by atoms with van der Waals surface area (Å²) in [6.45, 7) is 6.47. The van der Waals surface area contributed by atoms with E-state index in [1.54, 1.807) is 19.1 Å². The van der Waals surface area contributed by atoms with Crippen molar-refractivity contribution >= 4 is 12.3 Å². The Morgan fingerprint density at radius 2 is 1.95 bits per heavy atom. The van der Waals surface area contributed by atoms with Crippen LogP contribution >= 0.6 is 0 Å². The Bertz CT molecular complexity index is 393. The van der Waals surface area contributed by atoms with Gasteiger partial charge in [-0.3, -0.25) is 9.59 Å². The Hall–Kier alpha value is -1.35. The molecular formula is C13H18O5Pt. The monoisotopic (exact) mass is 449 g/mol. The Balaban J connectivity index is 0. The number of benzene rings is 1. The summed E-state index contributed by atoms with van der Waals surface area (Å²) in [5.74, 6) is 0.393. The number of hydrogen-bond acceptors (Lipinski definition) is 5. The molecule has 6 heteroatoms. The molecule has 0 amide bonds. The number of aromatic hydroxyl groups is 1. The smallest absolute Gasteiger partial charge is 0.293 e. The van der Waals surface area contributed by atoms with Gasteiger partial charge < -0.3 is 14.6 Å². The Kier molecular flexibility index (Phi) is 12.3. The third-order valence-corrected chi connectivity index (χ3v) is 1.89. The van der Waals surface area contributed by atoms with Gasteiger partial charge in [-0.1, -0.05) is 0 Å². The molecule has 0 radical (unpaired) electrons.